The predicted molar refractivity (Wildman–Crippen MR) is 5.75 cm³/mol. The maximum Gasteiger partial charge on any atom is 3.00 e. The fraction of sp³-hybridized carbons (Fsp3) is 0. The average Bonchev–Trinajstić information content (AvgIpc) is 0.722. The molecule has 0 saturated heterocycles. The molecule has 0 aromatic heterocycles. The van der Waals surface area contributed by atoms with E-state index >= 15 is 0 Å². The summed E-state index contributed by atoms with van der Waals surface area (Å²) >= 11 is 0. The van der Waals surface area contributed by atoms with Crippen molar-refractivity contribution >= 4 is 9.05 Å². The van der Waals surface area contributed by atoms with Crippen molar-refractivity contribution in [3.05, 3.63) is 0 Å². The SMILES string of the molecule is [Fe+3].[O-][Si]([O-])([O-])[O-].[W]. The molecule has 0 amide bonds. The molecule has 0 heterocycles. The molecular weight excluding hydrogens is 332 g/mol. The molecule has 7 heavy (non-hydrogen) atoms. The second-order valence-corrected chi connectivity index (χ2v) is 1.50. The molecule has 0 aromatic carbocycles. The van der Waals surface area contributed by atoms with Gasteiger partial charge in [0.15, 0.2) is 0 Å². The molecule has 0 rings (SSSR count). The van der Waals surface area contributed by atoms with Gasteiger partial charge >= 0.3 is 17.1 Å². The van der Waals surface area contributed by atoms with Crippen LogP contribution in [0.25, 0.3) is 0 Å². The molecule has 0 fully saturated rings. The Labute approximate surface area is 66.4 Å². The molecule has 1 radical (unpaired) electrons. The molecule has 0 N–H and O–H groups in total. The van der Waals surface area contributed by atoms with Crippen LogP contribution in [0.5, 0.6) is 0 Å². The molecule has 0 unspecified atom stereocenters. The smallest absolute Gasteiger partial charge is 0.894 e. The van der Waals surface area contributed by atoms with Gasteiger partial charge in [0.1, 0.15) is 0 Å². The Bertz CT molecular complexity index is 27.2. The van der Waals surface area contributed by atoms with Crippen molar-refractivity contribution in [2.24, 2.45) is 0 Å². The maximum absolute atomic E-state index is 8.58. The minimum Gasteiger partial charge on any atom is -0.894 e. The predicted octanol–water partition coefficient (Wildman–Crippen LogP) is -5.14. The van der Waals surface area contributed by atoms with E-state index in [9.17, 15) is 0 Å². The van der Waals surface area contributed by atoms with Gasteiger partial charge in [-0.1, -0.05) is 0 Å². The quantitative estimate of drug-likeness (QED) is 0.415. The Morgan fingerprint density at radius 1 is 0.857 bits per heavy atom. The van der Waals surface area contributed by atoms with Gasteiger partial charge in [0.2, 0.25) is 0 Å². The zero-order valence-electron chi connectivity index (χ0n) is 2.89. The van der Waals surface area contributed by atoms with Crippen molar-refractivity contribution in [3.8, 4) is 0 Å². The van der Waals surface area contributed by atoms with Crippen LogP contribution in [0.15, 0.2) is 0 Å². The molecule has 0 atom stereocenters. The summed E-state index contributed by atoms with van der Waals surface area (Å²) in [5, 5.41) is 0. The van der Waals surface area contributed by atoms with Crippen LogP contribution < -0.4 is 19.2 Å². The van der Waals surface area contributed by atoms with Crippen LogP contribution in [0.4, 0.5) is 0 Å². The third-order valence-corrected chi connectivity index (χ3v) is 0. The molecule has 0 saturated carbocycles. The Balaban J connectivity index is -0.0000000800. The van der Waals surface area contributed by atoms with Crippen molar-refractivity contribution in [2.75, 3.05) is 0 Å². The van der Waals surface area contributed by atoms with Crippen LogP contribution >= 0.6 is 0 Å². The van der Waals surface area contributed by atoms with Crippen LogP contribution in [-0.4, -0.2) is 9.05 Å². The van der Waals surface area contributed by atoms with Crippen LogP contribution in [0.1, 0.15) is 0 Å². The third kappa shape index (κ3) is 126. The van der Waals surface area contributed by atoms with Crippen molar-refractivity contribution < 1.29 is 57.3 Å². The second kappa shape index (κ2) is 5.40. The molecule has 0 aliphatic rings. The summed E-state index contributed by atoms with van der Waals surface area (Å²) in [4.78, 5) is 34.3. The Kier molecular flexibility index (Phi) is 12.1. The van der Waals surface area contributed by atoms with Crippen LogP contribution in [0.2, 0.25) is 0 Å². The van der Waals surface area contributed by atoms with Gasteiger partial charge in [-0.15, -0.1) is 0 Å². The summed E-state index contributed by atoms with van der Waals surface area (Å²) in [7, 11) is -5.61. The first-order chi connectivity index (χ1) is 2.00. The van der Waals surface area contributed by atoms with Crippen LogP contribution in [-0.2, 0) is 38.1 Å². The van der Waals surface area contributed by atoms with Crippen LogP contribution in [0.3, 0.4) is 0 Å². The molecular formula is FeO4SiW-. The summed E-state index contributed by atoms with van der Waals surface area (Å²) in [5.74, 6) is 0. The molecule has 43 valence electrons. The van der Waals surface area contributed by atoms with E-state index in [1.165, 1.54) is 0 Å². The van der Waals surface area contributed by atoms with Gasteiger partial charge in [-0.25, -0.2) is 0 Å². The minimum atomic E-state index is -5.61. The Morgan fingerprint density at radius 2 is 0.857 bits per heavy atom. The molecule has 7 heteroatoms. The third-order valence-electron chi connectivity index (χ3n) is 0. The fourth-order valence-corrected chi connectivity index (χ4v) is 0. The molecule has 0 aliphatic heterocycles. The van der Waals surface area contributed by atoms with Crippen molar-refractivity contribution in [1.82, 2.24) is 0 Å². The first-order valence-corrected chi connectivity index (χ1v) is 2.45. The summed E-state index contributed by atoms with van der Waals surface area (Å²) < 4.78 is 0. The minimum absolute atomic E-state index is 0. The van der Waals surface area contributed by atoms with E-state index in [-0.39, 0.29) is 38.1 Å². The zero-order chi connectivity index (χ0) is 4.50. The molecule has 4 nitrogen and oxygen atoms in total. The first kappa shape index (κ1) is 15.7. The van der Waals surface area contributed by atoms with Crippen LogP contribution in [0, 0.1) is 0 Å². The zero-order valence-corrected chi connectivity index (χ0v) is 7.93. The molecule has 0 aliphatic carbocycles. The van der Waals surface area contributed by atoms with E-state index in [1.807, 2.05) is 0 Å². The molecule has 0 spiro atoms. The van der Waals surface area contributed by atoms with Crippen molar-refractivity contribution in [1.29, 1.82) is 0 Å². The topological polar surface area (TPSA) is 92.2 Å². The normalized spacial score (nSPS) is 8.57. The fourth-order valence-electron chi connectivity index (χ4n) is 0. The van der Waals surface area contributed by atoms with Gasteiger partial charge in [0.25, 0.3) is 0 Å². The summed E-state index contributed by atoms with van der Waals surface area (Å²) in [6.07, 6.45) is 0. The second-order valence-electron chi connectivity index (χ2n) is 0.500. The van der Waals surface area contributed by atoms with Gasteiger partial charge < -0.3 is 28.2 Å². The standard InChI is InChI=1S/Fe.O4Si.W/c;1-5(2,3)4;/q+3;-4;. The number of rotatable bonds is 0. The van der Waals surface area contributed by atoms with E-state index < -0.39 is 9.05 Å². The monoisotopic (exact) mass is 332 g/mol. The average molecular weight is 332 g/mol. The maximum atomic E-state index is 8.58. The van der Waals surface area contributed by atoms with E-state index in [0.717, 1.165) is 0 Å². The van der Waals surface area contributed by atoms with Crippen molar-refractivity contribution in [3.63, 3.8) is 0 Å². The number of hydrogen-bond acceptors (Lipinski definition) is 4. The molecule has 0 bridgehead atoms. The number of hydrogen-bond donors (Lipinski definition) is 0. The summed E-state index contributed by atoms with van der Waals surface area (Å²) in [6, 6.07) is 0. The molecule has 0 aromatic rings. The van der Waals surface area contributed by atoms with Gasteiger partial charge in [0.05, 0.1) is 0 Å². The summed E-state index contributed by atoms with van der Waals surface area (Å²) in [5.41, 5.74) is 0. The van der Waals surface area contributed by atoms with E-state index in [2.05, 4.69) is 0 Å². The Hall–Kier alpha value is 1.26. The van der Waals surface area contributed by atoms with Crippen molar-refractivity contribution in [2.45, 2.75) is 0 Å². The Morgan fingerprint density at radius 3 is 0.857 bits per heavy atom. The van der Waals surface area contributed by atoms with E-state index in [4.69, 9.17) is 19.2 Å². The van der Waals surface area contributed by atoms with Gasteiger partial charge in [-0.05, 0) is 0 Å². The summed E-state index contributed by atoms with van der Waals surface area (Å²) in [6.45, 7) is 0. The van der Waals surface area contributed by atoms with E-state index in [0.29, 0.717) is 0 Å². The van der Waals surface area contributed by atoms with Gasteiger partial charge in [0, 0.05) is 21.1 Å². The largest absolute Gasteiger partial charge is 3.00 e. The van der Waals surface area contributed by atoms with E-state index in [1.54, 1.807) is 0 Å². The van der Waals surface area contributed by atoms with Gasteiger partial charge in [-0.2, -0.15) is 0 Å². The van der Waals surface area contributed by atoms with Gasteiger partial charge in [-0.3, -0.25) is 0 Å². The first-order valence-electron chi connectivity index (χ1n) is 0.816.